The number of hydrogen-bond acceptors (Lipinski definition) is 2. The Bertz CT molecular complexity index is 327. The quantitative estimate of drug-likeness (QED) is 0.705. The number of hydrogen-bond donors (Lipinski definition) is 1. The van der Waals surface area contributed by atoms with Crippen molar-refractivity contribution in [3.8, 4) is 0 Å². The van der Waals surface area contributed by atoms with Crippen molar-refractivity contribution in [3.05, 3.63) is 48.2 Å². The first-order chi connectivity index (χ1) is 6.27. The Morgan fingerprint density at radius 1 is 1.31 bits per heavy atom. The van der Waals surface area contributed by atoms with Gasteiger partial charge in [0.05, 0.1) is 0 Å². The van der Waals surface area contributed by atoms with Crippen LogP contribution in [0.1, 0.15) is 20.7 Å². The minimum absolute atomic E-state index is 0.229. The Kier molecular flexibility index (Phi) is 2.97. The van der Waals surface area contributed by atoms with Crippen LogP contribution in [0.3, 0.4) is 0 Å². The summed E-state index contributed by atoms with van der Waals surface area (Å²) in [5.74, 6) is -0.229. The molecule has 0 radical (unpaired) electrons. The first-order valence-electron chi connectivity index (χ1n) is 3.75. The monoisotopic (exact) mass is 175 g/mol. The second-order valence-electron chi connectivity index (χ2n) is 2.42. The minimum atomic E-state index is -0.229. The van der Waals surface area contributed by atoms with Crippen LogP contribution in [-0.2, 0) is 0 Å². The Morgan fingerprint density at radius 2 is 1.92 bits per heavy atom. The summed E-state index contributed by atoms with van der Waals surface area (Å²) >= 11 is 0. The Morgan fingerprint density at radius 3 is 2.38 bits per heavy atom. The first kappa shape index (κ1) is 9.19. The lowest BCUT2D eigenvalue weighted by atomic mass is 10.1. The van der Waals surface area contributed by atoms with Gasteiger partial charge in [0.1, 0.15) is 6.29 Å². The summed E-state index contributed by atoms with van der Waals surface area (Å²) in [5, 5.41) is 2.44. The number of carbonyl (C=O) groups excluding carboxylic acids is 2. The molecule has 0 saturated heterocycles. The molecule has 0 unspecified atom stereocenters. The number of benzene rings is 1. The molecule has 1 rings (SSSR count). The van der Waals surface area contributed by atoms with Gasteiger partial charge < -0.3 is 5.32 Å². The van der Waals surface area contributed by atoms with E-state index in [0.717, 1.165) is 6.29 Å². The third kappa shape index (κ3) is 2.27. The fraction of sp³-hybridized carbons (Fsp3) is 0. The molecule has 0 fully saturated rings. The topological polar surface area (TPSA) is 46.2 Å². The van der Waals surface area contributed by atoms with Crippen LogP contribution in [0.4, 0.5) is 0 Å². The normalized spacial score (nSPS) is 8.92. The maximum atomic E-state index is 11.2. The van der Waals surface area contributed by atoms with Crippen LogP contribution in [0.15, 0.2) is 37.0 Å². The Hall–Kier alpha value is -1.90. The van der Waals surface area contributed by atoms with E-state index in [1.54, 1.807) is 24.3 Å². The Labute approximate surface area is 76.1 Å². The molecule has 0 saturated carbocycles. The zero-order valence-corrected chi connectivity index (χ0v) is 6.99. The van der Waals surface area contributed by atoms with Gasteiger partial charge in [0.2, 0.25) is 0 Å². The maximum Gasteiger partial charge on any atom is 0.255 e. The number of amides is 1. The lowest BCUT2D eigenvalue weighted by molar-refractivity contribution is 0.0969. The van der Waals surface area contributed by atoms with E-state index in [9.17, 15) is 9.59 Å². The summed E-state index contributed by atoms with van der Waals surface area (Å²) in [4.78, 5) is 21.5. The van der Waals surface area contributed by atoms with Gasteiger partial charge in [0.15, 0.2) is 0 Å². The predicted molar refractivity (Wildman–Crippen MR) is 49.5 cm³/mol. The molecule has 0 bridgehead atoms. The maximum absolute atomic E-state index is 11.2. The molecule has 3 heteroatoms. The highest BCUT2D eigenvalue weighted by molar-refractivity contribution is 5.95. The summed E-state index contributed by atoms with van der Waals surface area (Å²) in [6, 6.07) is 6.35. The van der Waals surface area contributed by atoms with Crippen molar-refractivity contribution in [1.82, 2.24) is 5.32 Å². The van der Waals surface area contributed by atoms with E-state index in [-0.39, 0.29) is 5.91 Å². The molecule has 1 N–H and O–H groups in total. The van der Waals surface area contributed by atoms with Gasteiger partial charge in [-0.2, -0.15) is 0 Å². The highest BCUT2D eigenvalue weighted by atomic mass is 16.1. The molecule has 0 heterocycles. The molecule has 1 aromatic carbocycles. The lowest BCUT2D eigenvalue weighted by Gasteiger charge is -1.98. The molecule has 3 nitrogen and oxygen atoms in total. The van der Waals surface area contributed by atoms with E-state index < -0.39 is 0 Å². The second kappa shape index (κ2) is 4.21. The highest BCUT2D eigenvalue weighted by Crippen LogP contribution is 2.01. The van der Waals surface area contributed by atoms with Crippen molar-refractivity contribution in [1.29, 1.82) is 0 Å². The van der Waals surface area contributed by atoms with Gasteiger partial charge in [0.25, 0.3) is 5.91 Å². The van der Waals surface area contributed by atoms with Gasteiger partial charge in [-0.1, -0.05) is 18.7 Å². The van der Waals surface area contributed by atoms with E-state index in [2.05, 4.69) is 11.9 Å². The third-order valence-corrected chi connectivity index (χ3v) is 1.54. The molecule has 66 valence electrons. The van der Waals surface area contributed by atoms with Gasteiger partial charge in [-0.25, -0.2) is 0 Å². The highest BCUT2D eigenvalue weighted by Gasteiger charge is 2.01. The van der Waals surface area contributed by atoms with Gasteiger partial charge in [-0.3, -0.25) is 9.59 Å². The van der Waals surface area contributed by atoms with Crippen LogP contribution in [0.2, 0.25) is 0 Å². The van der Waals surface area contributed by atoms with Crippen molar-refractivity contribution in [2.45, 2.75) is 0 Å². The molecular formula is C10H9NO2. The molecular weight excluding hydrogens is 166 g/mol. The number of carbonyl (C=O) groups is 2. The zero-order valence-electron chi connectivity index (χ0n) is 6.99. The summed E-state index contributed by atoms with van der Waals surface area (Å²) in [5.41, 5.74) is 1.06. The summed E-state index contributed by atoms with van der Waals surface area (Å²) in [6.07, 6.45) is 2.05. The van der Waals surface area contributed by atoms with Crippen molar-refractivity contribution in [2.24, 2.45) is 0 Å². The molecule has 0 aromatic heterocycles. The Balaban J connectivity index is 2.85. The minimum Gasteiger partial charge on any atom is -0.329 e. The summed E-state index contributed by atoms with van der Waals surface area (Å²) in [6.45, 7) is 3.37. The SMILES string of the molecule is C=CNC(=O)c1ccc(C=O)cc1. The van der Waals surface area contributed by atoms with E-state index in [1.165, 1.54) is 6.20 Å². The third-order valence-electron chi connectivity index (χ3n) is 1.54. The van der Waals surface area contributed by atoms with Crippen LogP contribution >= 0.6 is 0 Å². The molecule has 0 aliphatic carbocycles. The van der Waals surface area contributed by atoms with Gasteiger partial charge in [0, 0.05) is 11.1 Å². The van der Waals surface area contributed by atoms with Gasteiger partial charge in [-0.05, 0) is 18.3 Å². The largest absolute Gasteiger partial charge is 0.329 e. The zero-order chi connectivity index (χ0) is 9.68. The molecule has 0 atom stereocenters. The van der Waals surface area contributed by atoms with E-state index in [0.29, 0.717) is 11.1 Å². The average Bonchev–Trinajstić information content (AvgIpc) is 2.18. The molecule has 13 heavy (non-hydrogen) atoms. The average molecular weight is 175 g/mol. The molecule has 1 amide bonds. The van der Waals surface area contributed by atoms with Crippen molar-refractivity contribution >= 4 is 12.2 Å². The van der Waals surface area contributed by atoms with Crippen LogP contribution in [-0.4, -0.2) is 12.2 Å². The van der Waals surface area contributed by atoms with Crippen LogP contribution in [0.5, 0.6) is 0 Å². The number of rotatable bonds is 3. The lowest BCUT2D eigenvalue weighted by Crippen LogP contribution is -2.16. The summed E-state index contributed by atoms with van der Waals surface area (Å²) in [7, 11) is 0. The van der Waals surface area contributed by atoms with E-state index >= 15 is 0 Å². The van der Waals surface area contributed by atoms with Crippen molar-refractivity contribution in [2.75, 3.05) is 0 Å². The fourth-order valence-electron chi connectivity index (χ4n) is 0.889. The second-order valence-corrected chi connectivity index (χ2v) is 2.42. The summed E-state index contributed by atoms with van der Waals surface area (Å²) < 4.78 is 0. The van der Waals surface area contributed by atoms with E-state index in [1.807, 2.05) is 0 Å². The smallest absolute Gasteiger partial charge is 0.255 e. The van der Waals surface area contributed by atoms with Gasteiger partial charge in [-0.15, -0.1) is 0 Å². The number of nitrogens with one attached hydrogen (secondary N) is 1. The standard InChI is InChI=1S/C10H9NO2/c1-2-11-10(13)9-5-3-8(7-12)4-6-9/h2-7H,1H2,(H,11,13). The molecule has 0 spiro atoms. The molecule has 0 aliphatic heterocycles. The molecule has 1 aromatic rings. The van der Waals surface area contributed by atoms with Crippen LogP contribution in [0, 0.1) is 0 Å². The van der Waals surface area contributed by atoms with Crippen molar-refractivity contribution in [3.63, 3.8) is 0 Å². The van der Waals surface area contributed by atoms with Crippen LogP contribution in [0.25, 0.3) is 0 Å². The fourth-order valence-corrected chi connectivity index (χ4v) is 0.889. The van der Waals surface area contributed by atoms with Crippen LogP contribution < -0.4 is 5.32 Å². The predicted octanol–water partition coefficient (Wildman–Crippen LogP) is 1.37. The van der Waals surface area contributed by atoms with Gasteiger partial charge >= 0.3 is 0 Å². The van der Waals surface area contributed by atoms with E-state index in [4.69, 9.17) is 0 Å². The van der Waals surface area contributed by atoms with Crippen molar-refractivity contribution < 1.29 is 9.59 Å². The number of aldehydes is 1. The first-order valence-corrected chi connectivity index (χ1v) is 3.75. The molecule has 0 aliphatic rings.